The van der Waals surface area contributed by atoms with Crippen molar-refractivity contribution in [1.29, 1.82) is 0 Å². The Hall–Kier alpha value is -3.73. The Kier molecular flexibility index (Phi) is 4.96. The molecule has 1 aliphatic heterocycles. The van der Waals surface area contributed by atoms with Crippen LogP contribution < -0.4 is 5.32 Å². The summed E-state index contributed by atoms with van der Waals surface area (Å²) in [5, 5.41) is 2.82. The number of nitrogens with one attached hydrogen (secondary N) is 1. The van der Waals surface area contributed by atoms with Crippen molar-refractivity contribution in [2.24, 2.45) is 0 Å². The molecule has 4 rings (SSSR count). The van der Waals surface area contributed by atoms with E-state index in [1.165, 1.54) is 6.92 Å². The first-order valence-corrected chi connectivity index (χ1v) is 9.32. The van der Waals surface area contributed by atoms with Crippen molar-refractivity contribution in [2.75, 3.05) is 5.32 Å². The zero-order valence-electron chi connectivity index (χ0n) is 15.8. The third-order valence-electron chi connectivity index (χ3n) is 4.96. The van der Waals surface area contributed by atoms with Crippen LogP contribution in [0.15, 0.2) is 72.8 Å². The van der Waals surface area contributed by atoms with Crippen molar-refractivity contribution in [3.63, 3.8) is 0 Å². The van der Waals surface area contributed by atoms with Gasteiger partial charge in [0, 0.05) is 23.2 Å². The van der Waals surface area contributed by atoms with Gasteiger partial charge in [-0.2, -0.15) is 0 Å². The lowest BCUT2D eigenvalue weighted by atomic mass is 9.93. The molecule has 5 nitrogen and oxygen atoms in total. The summed E-state index contributed by atoms with van der Waals surface area (Å²) in [6.45, 7) is 1.49. The second kappa shape index (κ2) is 7.72. The minimum Gasteiger partial charge on any atom is -0.454 e. The fourth-order valence-corrected chi connectivity index (χ4v) is 3.38. The highest BCUT2D eigenvalue weighted by molar-refractivity contribution is 6.05. The molecule has 1 N–H and O–H groups in total. The molecule has 1 amide bonds. The van der Waals surface area contributed by atoms with Gasteiger partial charge in [0.25, 0.3) is 5.91 Å². The second-order valence-corrected chi connectivity index (χ2v) is 6.97. The number of Topliss-reactive ketones (excluding diaryl/α,β-unsaturated/α-hetero) is 1. The maximum atomic E-state index is 12.7. The number of esters is 1. The van der Waals surface area contributed by atoms with Crippen molar-refractivity contribution in [1.82, 2.24) is 0 Å². The Morgan fingerprint density at radius 3 is 2.31 bits per heavy atom. The first-order valence-electron chi connectivity index (χ1n) is 9.32. The van der Waals surface area contributed by atoms with Gasteiger partial charge in [-0.15, -0.1) is 0 Å². The zero-order valence-corrected chi connectivity index (χ0v) is 15.8. The molecule has 29 heavy (non-hydrogen) atoms. The van der Waals surface area contributed by atoms with E-state index >= 15 is 0 Å². The molecule has 0 saturated heterocycles. The molecule has 3 aromatic rings. The molecule has 0 bridgehead atoms. The molecule has 1 atom stereocenters. The molecule has 0 fully saturated rings. The van der Waals surface area contributed by atoms with Crippen molar-refractivity contribution in [2.45, 2.75) is 19.4 Å². The minimum absolute atomic E-state index is 0.0302. The lowest BCUT2D eigenvalue weighted by Crippen LogP contribution is -2.23. The summed E-state index contributed by atoms with van der Waals surface area (Å²) in [4.78, 5) is 36.4. The number of hydrogen-bond acceptors (Lipinski definition) is 4. The fraction of sp³-hybridized carbons (Fsp3) is 0.125. The highest BCUT2D eigenvalue weighted by atomic mass is 16.5. The van der Waals surface area contributed by atoms with Gasteiger partial charge in [0.1, 0.15) is 6.10 Å². The van der Waals surface area contributed by atoms with E-state index in [1.807, 2.05) is 30.3 Å². The molecule has 144 valence electrons. The summed E-state index contributed by atoms with van der Waals surface area (Å²) in [7, 11) is 0. The highest BCUT2D eigenvalue weighted by Gasteiger charge is 2.28. The summed E-state index contributed by atoms with van der Waals surface area (Å²) in [6, 6.07) is 21.3. The highest BCUT2D eigenvalue weighted by Crippen LogP contribution is 2.31. The molecule has 1 heterocycles. The summed E-state index contributed by atoms with van der Waals surface area (Å²) in [5.74, 6) is -0.692. The molecule has 5 heteroatoms. The standard InChI is InChI=1S/C24H19NO4/c1-15(26)16-7-10-20(11-8-16)25-23(27)18-9-12-21-19(13-18)14-22(29-24(21)28)17-5-3-2-4-6-17/h2-13,22H,14H2,1H3,(H,25,27)/t22-/m1/s1. The van der Waals surface area contributed by atoms with Crippen LogP contribution in [0.5, 0.6) is 0 Å². The Bertz CT molecular complexity index is 1090. The van der Waals surface area contributed by atoms with Gasteiger partial charge in [-0.05, 0) is 60.5 Å². The zero-order chi connectivity index (χ0) is 20.4. The normalized spacial score (nSPS) is 15.2. The Labute approximate surface area is 168 Å². The molecule has 1 aliphatic rings. The van der Waals surface area contributed by atoms with Gasteiger partial charge < -0.3 is 10.1 Å². The van der Waals surface area contributed by atoms with Crippen LogP contribution in [0.1, 0.15) is 55.2 Å². The Balaban J connectivity index is 1.55. The maximum absolute atomic E-state index is 12.7. The number of fused-ring (bicyclic) bond motifs is 1. The predicted octanol–water partition coefficient (Wildman–Crippen LogP) is 4.60. The molecule has 0 aromatic heterocycles. The number of amides is 1. The van der Waals surface area contributed by atoms with Gasteiger partial charge >= 0.3 is 5.97 Å². The SMILES string of the molecule is CC(=O)c1ccc(NC(=O)c2ccc3c(c2)C[C@H](c2ccccc2)OC3=O)cc1. The van der Waals surface area contributed by atoms with Gasteiger partial charge in [0.15, 0.2) is 5.78 Å². The van der Waals surface area contributed by atoms with Gasteiger partial charge in [0.2, 0.25) is 0 Å². The van der Waals surface area contributed by atoms with Crippen molar-refractivity contribution < 1.29 is 19.1 Å². The van der Waals surface area contributed by atoms with E-state index < -0.39 is 0 Å². The number of hydrogen-bond donors (Lipinski definition) is 1. The molecular formula is C24H19NO4. The van der Waals surface area contributed by atoms with Gasteiger partial charge in [-0.25, -0.2) is 4.79 Å². The topological polar surface area (TPSA) is 72.5 Å². The number of ketones is 1. The third kappa shape index (κ3) is 3.94. The monoisotopic (exact) mass is 385 g/mol. The number of anilines is 1. The molecule has 0 aliphatic carbocycles. The molecule has 0 radical (unpaired) electrons. The lowest BCUT2D eigenvalue weighted by molar-refractivity contribution is 0.0252. The lowest BCUT2D eigenvalue weighted by Gasteiger charge is -2.25. The van der Waals surface area contributed by atoms with Crippen molar-refractivity contribution in [3.05, 3.63) is 101 Å². The van der Waals surface area contributed by atoms with E-state index in [2.05, 4.69) is 5.32 Å². The molecular weight excluding hydrogens is 366 g/mol. The van der Waals surface area contributed by atoms with Crippen LogP contribution in [-0.2, 0) is 11.2 Å². The van der Waals surface area contributed by atoms with Crippen LogP contribution in [0.2, 0.25) is 0 Å². The first kappa shape index (κ1) is 18.6. The van der Waals surface area contributed by atoms with Crippen molar-refractivity contribution >= 4 is 23.3 Å². The number of ether oxygens (including phenoxy) is 1. The number of benzene rings is 3. The van der Waals surface area contributed by atoms with E-state index in [-0.39, 0.29) is 23.8 Å². The smallest absolute Gasteiger partial charge is 0.339 e. The van der Waals surface area contributed by atoms with Gasteiger partial charge in [-0.1, -0.05) is 30.3 Å². The van der Waals surface area contributed by atoms with Crippen LogP contribution in [-0.4, -0.2) is 17.7 Å². The van der Waals surface area contributed by atoms with Gasteiger partial charge in [0.05, 0.1) is 5.56 Å². The Morgan fingerprint density at radius 1 is 0.931 bits per heavy atom. The summed E-state index contributed by atoms with van der Waals surface area (Å²) < 4.78 is 5.56. The van der Waals surface area contributed by atoms with Crippen molar-refractivity contribution in [3.8, 4) is 0 Å². The van der Waals surface area contributed by atoms with E-state index in [9.17, 15) is 14.4 Å². The summed E-state index contributed by atoms with van der Waals surface area (Å²) in [5.41, 5.74) is 3.84. The average Bonchev–Trinajstić information content (AvgIpc) is 2.74. The molecule has 0 spiro atoms. The van der Waals surface area contributed by atoms with Crippen LogP contribution in [0.3, 0.4) is 0 Å². The van der Waals surface area contributed by atoms with E-state index in [1.54, 1.807) is 42.5 Å². The number of rotatable bonds is 4. The van der Waals surface area contributed by atoms with Gasteiger partial charge in [-0.3, -0.25) is 9.59 Å². The number of carbonyl (C=O) groups excluding carboxylic acids is 3. The summed E-state index contributed by atoms with van der Waals surface area (Å²) >= 11 is 0. The fourth-order valence-electron chi connectivity index (χ4n) is 3.38. The third-order valence-corrected chi connectivity index (χ3v) is 4.96. The molecule has 0 saturated carbocycles. The largest absolute Gasteiger partial charge is 0.454 e. The Morgan fingerprint density at radius 2 is 1.62 bits per heavy atom. The van der Waals surface area contributed by atoms with Crippen LogP contribution in [0, 0.1) is 0 Å². The first-order chi connectivity index (χ1) is 14.0. The quantitative estimate of drug-likeness (QED) is 0.526. The number of carbonyl (C=O) groups is 3. The maximum Gasteiger partial charge on any atom is 0.339 e. The predicted molar refractivity (Wildman–Crippen MR) is 109 cm³/mol. The van der Waals surface area contributed by atoms with Crippen LogP contribution in [0.4, 0.5) is 5.69 Å². The number of cyclic esters (lactones) is 1. The minimum atomic E-state index is -0.383. The average molecular weight is 385 g/mol. The van der Waals surface area contributed by atoms with E-state index in [0.29, 0.717) is 28.8 Å². The van der Waals surface area contributed by atoms with E-state index in [0.717, 1.165) is 11.1 Å². The molecule has 3 aromatic carbocycles. The summed E-state index contributed by atoms with van der Waals surface area (Å²) in [6.07, 6.45) is 0.146. The molecule has 0 unspecified atom stereocenters. The van der Waals surface area contributed by atoms with E-state index in [4.69, 9.17) is 4.74 Å². The second-order valence-electron chi connectivity index (χ2n) is 6.97. The van der Waals surface area contributed by atoms with Crippen LogP contribution in [0.25, 0.3) is 0 Å². The van der Waals surface area contributed by atoms with Crippen LogP contribution >= 0.6 is 0 Å².